The Morgan fingerprint density at radius 2 is 0.857 bits per heavy atom. The van der Waals surface area contributed by atoms with Crippen LogP contribution in [-0.4, -0.2) is 9.13 Å². The highest BCUT2D eigenvalue weighted by molar-refractivity contribution is 6.19. The number of benzene rings is 10. The van der Waals surface area contributed by atoms with Gasteiger partial charge in [-0.1, -0.05) is 103 Å². The maximum absolute atomic E-state index is 6.94. The van der Waals surface area contributed by atoms with Gasteiger partial charge in [0, 0.05) is 65.6 Å². The van der Waals surface area contributed by atoms with Crippen molar-refractivity contribution in [3.05, 3.63) is 194 Å². The number of aromatic nitrogens is 2. The van der Waals surface area contributed by atoms with Crippen molar-refractivity contribution in [3.63, 3.8) is 0 Å². The second-order valence-electron chi connectivity index (χ2n) is 16.8. The maximum atomic E-state index is 6.94. The second kappa shape index (κ2) is 12.1. The van der Waals surface area contributed by atoms with E-state index in [9.17, 15) is 0 Å². The lowest BCUT2D eigenvalue weighted by Gasteiger charge is -2.11. The first-order valence-electron chi connectivity index (χ1n) is 21.4. The first-order valence-corrected chi connectivity index (χ1v) is 21.4. The van der Waals surface area contributed by atoms with Crippen molar-refractivity contribution in [1.29, 1.82) is 0 Å². The summed E-state index contributed by atoms with van der Waals surface area (Å²) in [6.07, 6.45) is 0. The maximum Gasteiger partial charge on any atom is 0.159 e. The van der Waals surface area contributed by atoms with E-state index in [1.165, 1.54) is 43.4 Å². The molecule has 5 aromatic heterocycles. The topological polar surface area (TPSA) is 49.3 Å². The Balaban J connectivity index is 0.917. The highest BCUT2D eigenvalue weighted by Crippen LogP contribution is 2.43. The van der Waals surface area contributed by atoms with Gasteiger partial charge < -0.3 is 22.4 Å². The van der Waals surface area contributed by atoms with Gasteiger partial charge in [0.05, 0.1) is 27.8 Å². The predicted octanol–water partition coefficient (Wildman–Crippen LogP) is 16.4. The molecule has 0 bridgehead atoms. The van der Waals surface area contributed by atoms with E-state index in [0.29, 0.717) is 0 Å². The summed E-state index contributed by atoms with van der Waals surface area (Å²) in [5.74, 6) is 0. The van der Waals surface area contributed by atoms with Crippen LogP contribution in [0.1, 0.15) is 0 Å². The van der Waals surface area contributed by atoms with Crippen LogP contribution in [-0.2, 0) is 0 Å². The fourth-order valence-electron chi connectivity index (χ4n) is 10.6. The molecule has 0 aliphatic rings. The molecule has 5 heteroatoms. The zero-order valence-electron chi connectivity index (χ0n) is 33.6. The van der Waals surface area contributed by atoms with E-state index in [1.54, 1.807) is 0 Å². The van der Waals surface area contributed by atoms with E-state index < -0.39 is 0 Å². The molecule has 0 spiro atoms. The number of hydrogen-bond donors (Lipinski definition) is 0. The zero-order valence-corrected chi connectivity index (χ0v) is 33.6. The molecule has 0 unspecified atom stereocenters. The molecule has 5 heterocycles. The normalized spacial score (nSPS) is 12.4. The highest BCUT2D eigenvalue weighted by atomic mass is 16.3. The van der Waals surface area contributed by atoms with E-state index in [0.717, 1.165) is 99.4 Å². The van der Waals surface area contributed by atoms with Gasteiger partial charge in [0.15, 0.2) is 5.58 Å². The number of nitrogens with zero attached hydrogens (tertiary/aromatic N) is 2. The quantitative estimate of drug-likeness (QED) is 0.179. The fourth-order valence-corrected chi connectivity index (χ4v) is 10.6. The summed E-state index contributed by atoms with van der Waals surface area (Å²) in [5.41, 5.74) is 14.0. The number of hydrogen-bond acceptors (Lipinski definition) is 3. The van der Waals surface area contributed by atoms with Gasteiger partial charge in [-0.2, -0.15) is 0 Å². The third-order valence-corrected chi connectivity index (χ3v) is 13.5. The first-order chi connectivity index (χ1) is 31.2. The molecular weight excluding hydrogens is 773 g/mol. The van der Waals surface area contributed by atoms with Crippen molar-refractivity contribution in [2.75, 3.05) is 0 Å². The first kappa shape index (κ1) is 33.2. The van der Waals surface area contributed by atoms with Crippen LogP contribution in [0.5, 0.6) is 0 Å². The molecule has 0 aliphatic carbocycles. The molecule has 0 saturated heterocycles. The van der Waals surface area contributed by atoms with Gasteiger partial charge in [0.25, 0.3) is 0 Å². The highest BCUT2D eigenvalue weighted by Gasteiger charge is 2.22. The number of fused-ring (bicyclic) bond motifs is 16. The van der Waals surface area contributed by atoms with Crippen molar-refractivity contribution >= 4 is 120 Å². The lowest BCUT2D eigenvalue weighted by atomic mass is 10.0. The van der Waals surface area contributed by atoms with Gasteiger partial charge in [-0.05, 0) is 107 Å². The Hall–Kier alpha value is -8.54. The lowest BCUT2D eigenvalue weighted by Crippen LogP contribution is -1.96. The summed E-state index contributed by atoms with van der Waals surface area (Å²) >= 11 is 0. The minimum Gasteiger partial charge on any atom is -0.456 e. The smallest absolute Gasteiger partial charge is 0.159 e. The molecule has 0 N–H and O–H groups in total. The Bertz CT molecular complexity index is 4400. The molecule has 10 aromatic carbocycles. The minimum atomic E-state index is 0.793. The average molecular weight is 805 g/mol. The van der Waals surface area contributed by atoms with E-state index in [4.69, 9.17) is 13.3 Å². The van der Waals surface area contributed by atoms with E-state index >= 15 is 0 Å². The molecule has 5 nitrogen and oxygen atoms in total. The summed E-state index contributed by atoms with van der Waals surface area (Å²) in [7, 11) is 0. The molecule has 63 heavy (non-hydrogen) atoms. The molecule has 0 aliphatic heterocycles. The van der Waals surface area contributed by atoms with E-state index in [-0.39, 0.29) is 0 Å². The van der Waals surface area contributed by atoms with Crippen molar-refractivity contribution in [3.8, 4) is 22.5 Å². The van der Waals surface area contributed by atoms with Gasteiger partial charge in [-0.15, -0.1) is 0 Å². The molecule has 0 atom stereocenters. The Morgan fingerprint density at radius 3 is 1.71 bits per heavy atom. The monoisotopic (exact) mass is 804 g/mol. The van der Waals surface area contributed by atoms with Crippen LogP contribution in [0.15, 0.2) is 207 Å². The van der Waals surface area contributed by atoms with Gasteiger partial charge in [-0.25, -0.2) is 0 Å². The van der Waals surface area contributed by atoms with Gasteiger partial charge in [-0.3, -0.25) is 0 Å². The van der Waals surface area contributed by atoms with E-state index in [2.05, 4.69) is 191 Å². The van der Waals surface area contributed by atoms with Crippen molar-refractivity contribution < 1.29 is 13.3 Å². The van der Waals surface area contributed by atoms with Crippen LogP contribution < -0.4 is 0 Å². The molecule has 292 valence electrons. The minimum absolute atomic E-state index is 0.793. The van der Waals surface area contributed by atoms with Gasteiger partial charge in [0.1, 0.15) is 27.9 Å². The standard InChI is InChI=1S/C58H32N2O3/c1-2-11-34-28-52-43(26-33(34)10-1)44-30-37(59-48-16-6-3-12-38(48)39-13-4-7-17-49(39)59)22-24-50(44)60(52)51-18-9-15-42-47-31-46-41-23-20-36(29-55(41)62-56(46)32-57(47)63-58(42)51)35-21-25-54-45(27-35)40-14-5-8-19-53(40)61-54/h1-32H. The molecule has 0 radical (unpaired) electrons. The third kappa shape index (κ3) is 4.55. The molecular formula is C58H32N2O3. The summed E-state index contributed by atoms with van der Waals surface area (Å²) in [5, 5.41) is 13.8. The fraction of sp³-hybridized carbons (Fsp3) is 0. The van der Waals surface area contributed by atoms with Crippen LogP contribution in [0.2, 0.25) is 0 Å². The largest absolute Gasteiger partial charge is 0.456 e. The molecule has 0 fully saturated rings. The van der Waals surface area contributed by atoms with Crippen LogP contribution >= 0.6 is 0 Å². The number of furan rings is 3. The zero-order chi connectivity index (χ0) is 40.9. The molecule has 0 saturated carbocycles. The van der Waals surface area contributed by atoms with Gasteiger partial charge in [0.2, 0.25) is 0 Å². The van der Waals surface area contributed by atoms with Crippen LogP contribution in [0.25, 0.3) is 143 Å². The number of para-hydroxylation sites is 4. The summed E-state index contributed by atoms with van der Waals surface area (Å²) in [4.78, 5) is 0. The predicted molar refractivity (Wildman–Crippen MR) is 260 cm³/mol. The molecule has 0 amide bonds. The van der Waals surface area contributed by atoms with E-state index in [1.807, 2.05) is 12.1 Å². The SMILES string of the molecule is c1ccc2cc3c(cc2c1)c1cc(-n2c4ccccc4c4ccccc42)ccc1n3-c1cccc2c1oc1cc3oc4cc(-c5ccc6oc7ccccc7c6c5)ccc4c3cc12. The van der Waals surface area contributed by atoms with Gasteiger partial charge >= 0.3 is 0 Å². The molecule has 15 aromatic rings. The number of rotatable bonds is 3. The second-order valence-corrected chi connectivity index (χ2v) is 16.8. The van der Waals surface area contributed by atoms with Crippen molar-refractivity contribution in [2.24, 2.45) is 0 Å². The summed E-state index contributed by atoms with van der Waals surface area (Å²) < 4.78 is 24.5. The average Bonchev–Trinajstić information content (AvgIpc) is 4.14. The van der Waals surface area contributed by atoms with Crippen molar-refractivity contribution in [1.82, 2.24) is 9.13 Å². The third-order valence-electron chi connectivity index (χ3n) is 13.5. The van der Waals surface area contributed by atoms with Crippen LogP contribution in [0, 0.1) is 0 Å². The Kier molecular flexibility index (Phi) is 6.36. The lowest BCUT2D eigenvalue weighted by molar-refractivity contribution is 0.655. The Labute approximate surface area is 357 Å². The van der Waals surface area contributed by atoms with Crippen molar-refractivity contribution in [2.45, 2.75) is 0 Å². The van der Waals surface area contributed by atoms with Crippen LogP contribution in [0.3, 0.4) is 0 Å². The molecule has 15 rings (SSSR count). The Morgan fingerprint density at radius 1 is 0.270 bits per heavy atom. The summed E-state index contributed by atoms with van der Waals surface area (Å²) in [6, 6.07) is 69.6. The van der Waals surface area contributed by atoms with Crippen LogP contribution in [0.4, 0.5) is 0 Å². The summed E-state index contributed by atoms with van der Waals surface area (Å²) in [6.45, 7) is 0.